The van der Waals surface area contributed by atoms with Gasteiger partial charge in [0, 0.05) is 0 Å². The van der Waals surface area contributed by atoms with Crippen molar-refractivity contribution in [2.45, 2.75) is 41.5 Å². The van der Waals surface area contributed by atoms with E-state index in [0.717, 1.165) is 11.1 Å². The van der Waals surface area contributed by atoms with Gasteiger partial charge >= 0.3 is 0 Å². The lowest BCUT2D eigenvalue weighted by atomic mass is 9.86. The van der Waals surface area contributed by atoms with Gasteiger partial charge in [0.2, 0.25) is 0 Å². The van der Waals surface area contributed by atoms with E-state index in [-0.39, 0.29) is 0 Å². The lowest BCUT2D eigenvalue weighted by Gasteiger charge is -2.18. The number of rotatable bonds is 2. The second kappa shape index (κ2) is 6.28. The van der Waals surface area contributed by atoms with Crippen molar-refractivity contribution in [2.75, 3.05) is 0 Å². The predicted molar refractivity (Wildman–Crippen MR) is 103 cm³/mol. The van der Waals surface area contributed by atoms with Crippen LogP contribution < -0.4 is 0 Å². The summed E-state index contributed by atoms with van der Waals surface area (Å²) in [5.74, 6) is 0. The SMILES string of the molecule is Cc1[c]c(-c2cccc(C)c2C)c(-c2cccc(C)c2C)[c]c1C. The van der Waals surface area contributed by atoms with Gasteiger partial charge in [-0.25, -0.2) is 0 Å². The van der Waals surface area contributed by atoms with E-state index in [1.54, 1.807) is 0 Å². The van der Waals surface area contributed by atoms with E-state index in [0.29, 0.717) is 0 Å². The first-order valence-corrected chi connectivity index (χ1v) is 8.49. The molecular weight excluding hydrogens is 288 g/mol. The van der Waals surface area contributed by atoms with Crippen LogP contribution in [-0.4, -0.2) is 0 Å². The molecule has 0 spiro atoms. The Morgan fingerprint density at radius 2 is 0.917 bits per heavy atom. The average Bonchev–Trinajstić information content (AvgIpc) is 2.55. The minimum absolute atomic E-state index is 1.16. The van der Waals surface area contributed by atoms with Crippen LogP contribution in [0.5, 0.6) is 0 Å². The zero-order valence-corrected chi connectivity index (χ0v) is 15.5. The molecular formula is C24H24. The van der Waals surface area contributed by atoms with Crippen LogP contribution in [0, 0.1) is 53.7 Å². The maximum Gasteiger partial charge on any atom is -0.00145 e. The van der Waals surface area contributed by atoms with E-state index in [2.05, 4.69) is 90.1 Å². The van der Waals surface area contributed by atoms with Crippen molar-refractivity contribution in [1.82, 2.24) is 0 Å². The highest BCUT2D eigenvalue weighted by Crippen LogP contribution is 2.37. The predicted octanol–water partition coefficient (Wildman–Crippen LogP) is 6.47. The van der Waals surface area contributed by atoms with Crippen LogP contribution in [0.4, 0.5) is 0 Å². The highest BCUT2D eigenvalue weighted by atomic mass is 14.2. The van der Waals surface area contributed by atoms with Gasteiger partial charge in [0.1, 0.15) is 0 Å². The average molecular weight is 312 g/mol. The minimum atomic E-state index is 1.16. The maximum atomic E-state index is 3.64. The van der Waals surface area contributed by atoms with E-state index < -0.39 is 0 Å². The molecule has 0 amide bonds. The van der Waals surface area contributed by atoms with Crippen molar-refractivity contribution in [1.29, 1.82) is 0 Å². The zero-order valence-electron chi connectivity index (χ0n) is 15.5. The third-order valence-electron chi connectivity index (χ3n) is 5.19. The Bertz CT molecular complexity index is 837. The lowest BCUT2D eigenvalue weighted by Crippen LogP contribution is -1.96. The molecule has 3 rings (SSSR count). The summed E-state index contributed by atoms with van der Waals surface area (Å²) in [6.07, 6.45) is 0. The maximum absolute atomic E-state index is 3.64. The van der Waals surface area contributed by atoms with Crippen LogP contribution in [0.1, 0.15) is 33.4 Å². The largest absolute Gasteiger partial charge is 0.0614 e. The highest BCUT2D eigenvalue weighted by molar-refractivity contribution is 5.86. The van der Waals surface area contributed by atoms with Crippen molar-refractivity contribution in [3.8, 4) is 22.3 Å². The second-order valence-electron chi connectivity index (χ2n) is 6.74. The van der Waals surface area contributed by atoms with Crippen molar-refractivity contribution < 1.29 is 0 Å². The van der Waals surface area contributed by atoms with Crippen molar-refractivity contribution in [2.24, 2.45) is 0 Å². The fourth-order valence-corrected chi connectivity index (χ4v) is 3.14. The molecule has 0 atom stereocenters. The van der Waals surface area contributed by atoms with Gasteiger partial charge in [-0.3, -0.25) is 0 Å². The topological polar surface area (TPSA) is 0 Å². The highest BCUT2D eigenvalue weighted by Gasteiger charge is 2.15. The third kappa shape index (κ3) is 2.78. The molecule has 0 nitrogen and oxygen atoms in total. The number of benzene rings is 3. The second-order valence-corrected chi connectivity index (χ2v) is 6.74. The summed E-state index contributed by atoms with van der Waals surface area (Å²) in [5.41, 5.74) is 12.4. The first-order chi connectivity index (χ1) is 11.4. The van der Waals surface area contributed by atoms with E-state index in [9.17, 15) is 0 Å². The van der Waals surface area contributed by atoms with Crippen LogP contribution in [0.25, 0.3) is 22.3 Å². The summed E-state index contributed by atoms with van der Waals surface area (Å²) < 4.78 is 0. The Morgan fingerprint density at radius 3 is 1.29 bits per heavy atom. The Balaban J connectivity index is 2.37. The third-order valence-corrected chi connectivity index (χ3v) is 5.19. The molecule has 0 heteroatoms. The molecule has 0 bridgehead atoms. The quantitative estimate of drug-likeness (QED) is 0.508. The molecule has 3 aromatic carbocycles. The number of hydrogen-bond donors (Lipinski definition) is 0. The van der Waals surface area contributed by atoms with Crippen molar-refractivity contribution in [3.05, 3.63) is 81.9 Å². The molecule has 0 heterocycles. The van der Waals surface area contributed by atoms with Gasteiger partial charge in [0.05, 0.1) is 0 Å². The molecule has 120 valence electrons. The molecule has 0 aliphatic heterocycles. The lowest BCUT2D eigenvalue weighted by molar-refractivity contribution is 1.29. The molecule has 0 aliphatic carbocycles. The molecule has 0 aliphatic rings. The fraction of sp³-hybridized carbons (Fsp3) is 0.250. The molecule has 3 aromatic rings. The van der Waals surface area contributed by atoms with Gasteiger partial charge in [-0.2, -0.15) is 0 Å². The molecule has 0 N–H and O–H groups in total. The monoisotopic (exact) mass is 312 g/mol. The van der Waals surface area contributed by atoms with Crippen LogP contribution >= 0.6 is 0 Å². The summed E-state index contributed by atoms with van der Waals surface area (Å²) in [6.45, 7) is 13.0. The summed E-state index contributed by atoms with van der Waals surface area (Å²) in [7, 11) is 0. The van der Waals surface area contributed by atoms with Gasteiger partial charge in [0.15, 0.2) is 0 Å². The first-order valence-electron chi connectivity index (χ1n) is 8.49. The number of hydrogen-bond acceptors (Lipinski definition) is 0. The molecule has 0 aromatic heterocycles. The van der Waals surface area contributed by atoms with E-state index in [1.165, 1.54) is 44.5 Å². The van der Waals surface area contributed by atoms with E-state index in [1.807, 2.05) is 0 Å². The fourth-order valence-electron chi connectivity index (χ4n) is 3.14. The van der Waals surface area contributed by atoms with Crippen LogP contribution in [0.3, 0.4) is 0 Å². The molecule has 0 fully saturated rings. The van der Waals surface area contributed by atoms with Crippen molar-refractivity contribution in [3.63, 3.8) is 0 Å². The van der Waals surface area contributed by atoms with Gasteiger partial charge in [-0.05, 0) is 109 Å². The van der Waals surface area contributed by atoms with Gasteiger partial charge in [0.25, 0.3) is 0 Å². The van der Waals surface area contributed by atoms with Gasteiger partial charge < -0.3 is 0 Å². The Hall–Kier alpha value is -2.34. The summed E-state index contributed by atoms with van der Waals surface area (Å²) in [6, 6.07) is 20.3. The smallest absolute Gasteiger partial charge is 0.00145 e. The normalized spacial score (nSPS) is 10.9. The number of aryl methyl sites for hydroxylation is 4. The molecule has 2 radical (unpaired) electrons. The first kappa shape index (κ1) is 16.5. The molecule has 0 saturated carbocycles. The van der Waals surface area contributed by atoms with E-state index >= 15 is 0 Å². The molecule has 0 unspecified atom stereocenters. The van der Waals surface area contributed by atoms with Crippen LogP contribution in [0.15, 0.2) is 36.4 Å². The van der Waals surface area contributed by atoms with Crippen LogP contribution in [0.2, 0.25) is 0 Å². The summed E-state index contributed by atoms with van der Waals surface area (Å²) in [5, 5.41) is 0. The minimum Gasteiger partial charge on any atom is -0.0614 e. The Labute approximate surface area is 146 Å². The van der Waals surface area contributed by atoms with Crippen molar-refractivity contribution >= 4 is 0 Å². The van der Waals surface area contributed by atoms with Gasteiger partial charge in [-0.15, -0.1) is 0 Å². The van der Waals surface area contributed by atoms with E-state index in [4.69, 9.17) is 0 Å². The zero-order chi connectivity index (χ0) is 17.4. The Morgan fingerprint density at radius 1 is 0.542 bits per heavy atom. The van der Waals surface area contributed by atoms with Gasteiger partial charge in [-0.1, -0.05) is 36.4 Å². The summed E-state index contributed by atoms with van der Waals surface area (Å²) >= 11 is 0. The molecule has 24 heavy (non-hydrogen) atoms. The molecule has 0 saturated heterocycles. The summed E-state index contributed by atoms with van der Waals surface area (Å²) in [4.78, 5) is 0. The standard InChI is InChI=1S/C24H24/c1-15-9-7-11-21(19(15)5)23-13-17(3)18(4)14-24(23)22-12-8-10-16(2)20(22)6/h7-12H,1-6H3. The Kier molecular flexibility index (Phi) is 4.32. The van der Waals surface area contributed by atoms with Crippen LogP contribution in [-0.2, 0) is 0 Å².